The molecule has 0 spiro atoms. The van der Waals surface area contributed by atoms with Crippen molar-refractivity contribution in [1.82, 2.24) is 10.4 Å². The molecule has 0 atom stereocenters. The van der Waals surface area contributed by atoms with Gasteiger partial charge in [-0.2, -0.15) is 0 Å². The standard InChI is InChI=1S/C23H30N2O2.3ClH/c1-7-8-18-9-11-19(12-10-18)21(26)24-25(23(4,5)6)22(27)20-14-16(2)13-17(3)15-20;;;/h9-15H,7-8H2,1-6H3,(H,24,26);3*1H. The maximum absolute atomic E-state index is 13.1. The van der Waals surface area contributed by atoms with E-state index < -0.39 is 5.54 Å². The highest BCUT2D eigenvalue weighted by molar-refractivity contribution is 5.99. The van der Waals surface area contributed by atoms with Crippen molar-refractivity contribution in [3.05, 3.63) is 70.3 Å². The van der Waals surface area contributed by atoms with E-state index in [1.54, 1.807) is 0 Å². The summed E-state index contributed by atoms with van der Waals surface area (Å²) in [7, 11) is 0. The van der Waals surface area contributed by atoms with E-state index in [1.165, 1.54) is 10.6 Å². The Kier molecular flexibility index (Phi) is 13.0. The summed E-state index contributed by atoms with van der Waals surface area (Å²) in [5, 5.41) is 1.42. The van der Waals surface area contributed by atoms with Crippen molar-refractivity contribution in [1.29, 1.82) is 0 Å². The lowest BCUT2D eigenvalue weighted by molar-refractivity contribution is 0.0358. The lowest BCUT2D eigenvalue weighted by Gasteiger charge is -2.35. The van der Waals surface area contributed by atoms with Crippen LogP contribution in [0, 0.1) is 13.8 Å². The van der Waals surface area contributed by atoms with Gasteiger partial charge in [-0.25, -0.2) is 5.01 Å². The number of benzene rings is 2. The minimum Gasteiger partial charge on any atom is -0.267 e. The molecule has 0 radical (unpaired) electrons. The van der Waals surface area contributed by atoms with E-state index in [0.717, 1.165) is 24.0 Å². The fraction of sp³-hybridized carbons (Fsp3) is 0.391. The Morgan fingerprint density at radius 2 is 1.37 bits per heavy atom. The molecule has 0 fully saturated rings. The smallest absolute Gasteiger partial charge is 0.267 e. The van der Waals surface area contributed by atoms with Crippen molar-refractivity contribution < 1.29 is 9.59 Å². The fourth-order valence-corrected chi connectivity index (χ4v) is 3.03. The van der Waals surface area contributed by atoms with Crippen LogP contribution < -0.4 is 5.43 Å². The van der Waals surface area contributed by atoms with E-state index >= 15 is 0 Å². The molecule has 0 aliphatic carbocycles. The highest BCUT2D eigenvalue weighted by Gasteiger charge is 2.29. The summed E-state index contributed by atoms with van der Waals surface area (Å²) >= 11 is 0. The van der Waals surface area contributed by atoms with E-state index in [1.807, 2.05) is 77.1 Å². The van der Waals surface area contributed by atoms with E-state index in [-0.39, 0.29) is 49.0 Å². The third kappa shape index (κ3) is 8.17. The van der Waals surface area contributed by atoms with E-state index in [0.29, 0.717) is 11.1 Å². The second-order valence-electron chi connectivity index (χ2n) is 8.08. The van der Waals surface area contributed by atoms with Gasteiger partial charge >= 0.3 is 0 Å². The molecule has 4 nitrogen and oxygen atoms in total. The minimum absolute atomic E-state index is 0. The topological polar surface area (TPSA) is 49.4 Å². The van der Waals surface area contributed by atoms with Crippen molar-refractivity contribution in [2.45, 2.75) is 59.9 Å². The average Bonchev–Trinajstić information content (AvgIpc) is 2.58. The van der Waals surface area contributed by atoms with Gasteiger partial charge in [0.2, 0.25) is 0 Å². The van der Waals surface area contributed by atoms with Gasteiger partial charge in [-0.15, -0.1) is 37.2 Å². The lowest BCUT2D eigenvalue weighted by atomic mass is 10.0. The number of carbonyl (C=O) groups is 2. The number of rotatable bonds is 4. The zero-order valence-corrected chi connectivity index (χ0v) is 20.9. The zero-order valence-electron chi connectivity index (χ0n) is 18.4. The molecule has 0 saturated carbocycles. The summed E-state index contributed by atoms with van der Waals surface area (Å²) in [5.41, 5.74) is 6.59. The Morgan fingerprint density at radius 3 is 1.80 bits per heavy atom. The number of nitrogens with one attached hydrogen (secondary N) is 1. The molecule has 0 aromatic heterocycles. The van der Waals surface area contributed by atoms with E-state index in [9.17, 15) is 9.59 Å². The predicted molar refractivity (Wildman–Crippen MR) is 131 cm³/mol. The Bertz CT molecular complexity index is 811. The number of amides is 2. The monoisotopic (exact) mass is 474 g/mol. The molecule has 0 heterocycles. The highest BCUT2D eigenvalue weighted by atomic mass is 35.5. The minimum atomic E-state index is -0.563. The van der Waals surface area contributed by atoms with E-state index in [2.05, 4.69) is 12.3 Å². The summed E-state index contributed by atoms with van der Waals surface area (Å²) in [5.74, 6) is -0.504. The maximum Gasteiger partial charge on any atom is 0.272 e. The van der Waals surface area contributed by atoms with Gasteiger partial charge in [0, 0.05) is 11.1 Å². The van der Waals surface area contributed by atoms with Gasteiger partial charge in [-0.3, -0.25) is 15.0 Å². The summed E-state index contributed by atoms with van der Waals surface area (Å²) in [6, 6.07) is 13.3. The van der Waals surface area contributed by atoms with Crippen LogP contribution >= 0.6 is 37.2 Å². The molecule has 0 unspecified atom stereocenters. The summed E-state index contributed by atoms with van der Waals surface area (Å²) in [6.45, 7) is 11.7. The van der Waals surface area contributed by atoms with Crippen molar-refractivity contribution in [3.8, 4) is 0 Å². The second kappa shape index (κ2) is 12.8. The predicted octanol–water partition coefficient (Wildman–Crippen LogP) is 6.11. The molecule has 2 aromatic rings. The molecule has 7 heteroatoms. The Morgan fingerprint density at radius 1 is 0.867 bits per heavy atom. The summed E-state index contributed by atoms with van der Waals surface area (Å²) in [4.78, 5) is 25.8. The quantitative estimate of drug-likeness (QED) is 0.543. The third-order valence-electron chi connectivity index (χ3n) is 4.31. The van der Waals surface area contributed by atoms with Crippen LogP contribution in [0.4, 0.5) is 0 Å². The number of hydrogen-bond acceptors (Lipinski definition) is 2. The molecule has 2 amide bonds. The first kappa shape index (κ1) is 30.4. The second-order valence-corrected chi connectivity index (χ2v) is 8.08. The zero-order chi connectivity index (χ0) is 20.2. The number of nitrogens with zero attached hydrogens (tertiary/aromatic N) is 1. The van der Waals surface area contributed by atoms with Crippen LogP contribution in [0.25, 0.3) is 0 Å². The summed E-state index contributed by atoms with van der Waals surface area (Å²) in [6.07, 6.45) is 2.05. The Balaban J connectivity index is 0. The fourth-order valence-electron chi connectivity index (χ4n) is 3.03. The van der Waals surface area contributed by atoms with Gasteiger partial charge in [0.15, 0.2) is 0 Å². The highest BCUT2D eigenvalue weighted by Crippen LogP contribution is 2.18. The van der Waals surface area contributed by atoms with Gasteiger partial charge < -0.3 is 0 Å². The van der Waals surface area contributed by atoms with Crippen LogP contribution in [-0.4, -0.2) is 22.4 Å². The molecule has 1 N–H and O–H groups in total. The first-order valence-corrected chi connectivity index (χ1v) is 9.44. The van der Waals surface area contributed by atoms with Gasteiger partial charge in [0.25, 0.3) is 11.8 Å². The van der Waals surface area contributed by atoms with Crippen molar-refractivity contribution in [2.24, 2.45) is 0 Å². The van der Waals surface area contributed by atoms with E-state index in [4.69, 9.17) is 0 Å². The first-order valence-electron chi connectivity index (χ1n) is 9.44. The van der Waals surface area contributed by atoms with Gasteiger partial charge in [-0.05, 0) is 70.9 Å². The Hall–Kier alpha value is -1.75. The maximum atomic E-state index is 13.1. The number of carbonyl (C=O) groups excluding carboxylic acids is 2. The van der Waals surface area contributed by atoms with Gasteiger partial charge in [0.05, 0.1) is 5.54 Å². The van der Waals surface area contributed by atoms with Crippen LogP contribution in [-0.2, 0) is 6.42 Å². The molecule has 168 valence electrons. The van der Waals surface area contributed by atoms with Gasteiger partial charge in [-0.1, -0.05) is 42.7 Å². The van der Waals surface area contributed by atoms with Crippen LogP contribution in [0.15, 0.2) is 42.5 Å². The number of hydrazine groups is 1. The number of hydrogen-bond donors (Lipinski definition) is 1. The van der Waals surface area contributed by atoms with Crippen molar-refractivity contribution in [2.75, 3.05) is 0 Å². The first-order chi connectivity index (χ1) is 12.6. The largest absolute Gasteiger partial charge is 0.272 e. The molecule has 2 aromatic carbocycles. The van der Waals surface area contributed by atoms with Crippen LogP contribution in [0.5, 0.6) is 0 Å². The molecule has 30 heavy (non-hydrogen) atoms. The molecular formula is C23H33Cl3N2O2. The number of aryl methyl sites for hydroxylation is 3. The van der Waals surface area contributed by atoms with Gasteiger partial charge in [0.1, 0.15) is 0 Å². The summed E-state index contributed by atoms with van der Waals surface area (Å²) < 4.78 is 0. The molecule has 0 bridgehead atoms. The molecule has 0 aliphatic rings. The molecule has 0 aliphatic heterocycles. The molecule has 2 rings (SSSR count). The average molecular weight is 476 g/mol. The normalized spacial score (nSPS) is 10.1. The van der Waals surface area contributed by atoms with Crippen molar-refractivity contribution in [3.63, 3.8) is 0 Å². The third-order valence-corrected chi connectivity index (χ3v) is 4.31. The molecular weight excluding hydrogens is 443 g/mol. The van der Waals surface area contributed by atoms with Crippen LogP contribution in [0.2, 0.25) is 0 Å². The SMILES string of the molecule is CCCc1ccc(C(=O)NN(C(=O)c2cc(C)cc(C)c2)C(C)(C)C)cc1.Cl.Cl.Cl. The van der Waals surface area contributed by atoms with Crippen molar-refractivity contribution >= 4 is 49.0 Å². The molecule has 0 saturated heterocycles. The van der Waals surface area contributed by atoms with Crippen LogP contribution in [0.1, 0.15) is 71.5 Å². The Labute approximate surface area is 199 Å². The lowest BCUT2D eigenvalue weighted by Crippen LogP contribution is -2.55. The van der Waals surface area contributed by atoms with Crippen LogP contribution in [0.3, 0.4) is 0 Å². The number of halogens is 3.